The van der Waals surface area contributed by atoms with Crippen LogP contribution in [0.15, 0.2) is 82.6 Å². The molecule has 3 aromatic carbocycles. The van der Waals surface area contributed by atoms with Crippen LogP contribution in [-0.4, -0.2) is 57.1 Å². The van der Waals surface area contributed by atoms with Crippen LogP contribution in [0.5, 0.6) is 5.75 Å². The van der Waals surface area contributed by atoms with Crippen molar-refractivity contribution in [3.63, 3.8) is 0 Å². The number of amides is 2. The van der Waals surface area contributed by atoms with E-state index in [1.165, 1.54) is 16.7 Å². The third-order valence-corrected chi connectivity index (χ3v) is 9.29. The lowest BCUT2D eigenvalue weighted by Gasteiger charge is -2.33. The molecule has 1 N–H and O–H groups in total. The number of thioether (sulfide) groups is 1. The van der Waals surface area contributed by atoms with Gasteiger partial charge in [-0.05, 0) is 74.9 Å². The van der Waals surface area contributed by atoms with Crippen LogP contribution in [0.2, 0.25) is 0 Å². The monoisotopic (exact) mass is 611 g/mol. The fourth-order valence-corrected chi connectivity index (χ4v) is 6.34. The number of carbonyl (C=O) groups is 2. The molecule has 226 valence electrons. The first-order chi connectivity index (χ1) is 20.2. The van der Waals surface area contributed by atoms with Gasteiger partial charge in [-0.15, -0.1) is 11.8 Å². The van der Waals surface area contributed by atoms with Crippen molar-refractivity contribution in [3.05, 3.63) is 83.9 Å². The first-order valence-electron chi connectivity index (χ1n) is 14.2. The fraction of sp³-hybridized carbons (Fsp3) is 0.375. The fourth-order valence-electron chi connectivity index (χ4n) is 4.50. The summed E-state index contributed by atoms with van der Waals surface area (Å²) in [5.74, 6) is -0.420. The van der Waals surface area contributed by atoms with Crippen LogP contribution in [0.4, 0.5) is 5.69 Å². The number of nitrogens with zero attached hydrogens (tertiary/aromatic N) is 2. The highest BCUT2D eigenvalue weighted by molar-refractivity contribution is 7.98. The van der Waals surface area contributed by atoms with Gasteiger partial charge in [-0.1, -0.05) is 55.8 Å². The molecule has 2 amide bonds. The molecule has 0 bridgehead atoms. The van der Waals surface area contributed by atoms with Crippen molar-refractivity contribution in [2.24, 2.45) is 0 Å². The number of rotatable bonds is 15. The molecule has 42 heavy (non-hydrogen) atoms. The number of anilines is 1. The maximum atomic E-state index is 14.2. The van der Waals surface area contributed by atoms with Crippen LogP contribution in [0.25, 0.3) is 0 Å². The van der Waals surface area contributed by atoms with Gasteiger partial charge in [0.2, 0.25) is 11.8 Å². The predicted octanol–water partition coefficient (Wildman–Crippen LogP) is 5.64. The Balaban J connectivity index is 2.10. The summed E-state index contributed by atoms with van der Waals surface area (Å²) < 4.78 is 35.2. The lowest BCUT2D eigenvalue weighted by atomic mass is 10.1. The predicted molar refractivity (Wildman–Crippen MR) is 169 cm³/mol. The lowest BCUT2D eigenvalue weighted by molar-refractivity contribution is -0.140. The van der Waals surface area contributed by atoms with Crippen LogP contribution in [0, 0.1) is 6.92 Å². The molecule has 3 aromatic rings. The molecule has 8 nitrogen and oxygen atoms in total. The van der Waals surface area contributed by atoms with Crippen LogP contribution >= 0.6 is 11.8 Å². The Kier molecular flexibility index (Phi) is 12.3. The molecule has 0 fully saturated rings. The van der Waals surface area contributed by atoms with Gasteiger partial charge in [0.15, 0.2) is 0 Å². The van der Waals surface area contributed by atoms with Crippen molar-refractivity contribution in [1.82, 2.24) is 10.2 Å². The minimum atomic E-state index is -4.20. The Morgan fingerprint density at radius 2 is 1.62 bits per heavy atom. The van der Waals surface area contributed by atoms with Gasteiger partial charge >= 0.3 is 0 Å². The number of hydrogen-bond acceptors (Lipinski definition) is 6. The van der Waals surface area contributed by atoms with Gasteiger partial charge < -0.3 is 15.0 Å². The summed E-state index contributed by atoms with van der Waals surface area (Å²) in [5, 5.41) is 2.90. The number of aryl methyl sites for hydroxylation is 1. The number of carbonyl (C=O) groups excluding carboxylic acids is 2. The molecule has 0 aromatic heterocycles. The molecule has 1 atom stereocenters. The average molecular weight is 612 g/mol. The van der Waals surface area contributed by atoms with E-state index >= 15 is 0 Å². The van der Waals surface area contributed by atoms with Gasteiger partial charge in [-0.3, -0.25) is 13.9 Å². The minimum absolute atomic E-state index is 0.0530. The van der Waals surface area contributed by atoms with Gasteiger partial charge in [0.05, 0.1) is 17.2 Å². The van der Waals surface area contributed by atoms with Crippen molar-refractivity contribution >= 4 is 39.3 Å². The number of benzene rings is 3. The number of sulfonamides is 1. The quantitative estimate of drug-likeness (QED) is 0.223. The third-order valence-electron chi connectivity index (χ3n) is 6.77. The Morgan fingerprint density at radius 1 is 0.952 bits per heavy atom. The summed E-state index contributed by atoms with van der Waals surface area (Å²) in [6.45, 7) is 8.03. The van der Waals surface area contributed by atoms with Gasteiger partial charge in [-0.25, -0.2) is 8.42 Å². The van der Waals surface area contributed by atoms with Gasteiger partial charge in [0, 0.05) is 18.0 Å². The molecule has 0 aliphatic rings. The maximum absolute atomic E-state index is 14.2. The Labute approximate surface area is 254 Å². The van der Waals surface area contributed by atoms with Crippen LogP contribution in [0.1, 0.15) is 44.7 Å². The number of nitrogens with one attached hydrogen (secondary N) is 1. The minimum Gasteiger partial charge on any atom is -0.492 e. The molecule has 10 heteroatoms. The molecular weight excluding hydrogens is 571 g/mol. The van der Waals surface area contributed by atoms with E-state index < -0.39 is 28.5 Å². The SMILES string of the molecule is CCCNC(=O)[C@@H](CC)N(Cc1ccc(C)cc1)C(=O)CN(c1ccccc1OCC)S(=O)(=O)c1ccc(SC)cc1. The van der Waals surface area contributed by atoms with E-state index in [-0.39, 0.29) is 23.0 Å². The summed E-state index contributed by atoms with van der Waals surface area (Å²) in [6, 6.07) is 20.3. The Bertz CT molecular complexity index is 1430. The molecule has 0 aliphatic carbocycles. The summed E-state index contributed by atoms with van der Waals surface area (Å²) in [7, 11) is -4.20. The molecule has 0 saturated carbocycles. The van der Waals surface area contributed by atoms with Crippen molar-refractivity contribution in [2.75, 3.05) is 30.3 Å². The Morgan fingerprint density at radius 3 is 2.21 bits per heavy atom. The highest BCUT2D eigenvalue weighted by atomic mass is 32.2. The normalized spacial score (nSPS) is 11.9. The maximum Gasteiger partial charge on any atom is 0.264 e. The van der Waals surface area contributed by atoms with Crippen LogP contribution < -0.4 is 14.4 Å². The molecular formula is C32H41N3O5S2. The van der Waals surface area contributed by atoms with Gasteiger partial charge in [0.1, 0.15) is 18.3 Å². The van der Waals surface area contributed by atoms with E-state index in [0.717, 1.165) is 26.7 Å². The lowest BCUT2D eigenvalue weighted by Crippen LogP contribution is -2.52. The first kappa shape index (κ1) is 33.0. The largest absolute Gasteiger partial charge is 0.492 e. The summed E-state index contributed by atoms with van der Waals surface area (Å²) in [5.41, 5.74) is 2.16. The number of para-hydroxylation sites is 2. The van der Waals surface area contributed by atoms with Crippen molar-refractivity contribution in [1.29, 1.82) is 0 Å². The van der Waals surface area contributed by atoms with Gasteiger partial charge in [-0.2, -0.15) is 0 Å². The molecule has 0 unspecified atom stereocenters. The smallest absolute Gasteiger partial charge is 0.264 e. The molecule has 0 spiro atoms. The van der Waals surface area contributed by atoms with E-state index in [1.807, 2.05) is 58.2 Å². The topological polar surface area (TPSA) is 96.0 Å². The van der Waals surface area contributed by atoms with E-state index in [0.29, 0.717) is 25.3 Å². The second-order valence-electron chi connectivity index (χ2n) is 9.81. The standard InChI is InChI=1S/C32H41N3O5S2/c1-6-21-33-32(37)28(7-2)34(22-25-15-13-24(4)14-16-25)31(36)23-35(29-11-9-10-12-30(29)40-8-3)42(38,39)27-19-17-26(41-5)18-20-27/h9-20,28H,6-8,21-23H2,1-5H3,(H,33,37)/t28-/m1/s1. The van der Waals surface area contributed by atoms with E-state index in [2.05, 4.69) is 5.32 Å². The third kappa shape index (κ3) is 8.29. The summed E-state index contributed by atoms with van der Waals surface area (Å²) in [6.07, 6.45) is 3.03. The molecule has 0 radical (unpaired) electrons. The zero-order valence-electron chi connectivity index (χ0n) is 25.0. The summed E-state index contributed by atoms with van der Waals surface area (Å²) >= 11 is 1.51. The molecule has 0 aliphatic heterocycles. The molecule has 0 heterocycles. The van der Waals surface area contributed by atoms with Crippen molar-refractivity contribution in [2.45, 2.75) is 62.9 Å². The molecule has 0 saturated heterocycles. The Hall–Kier alpha value is -3.50. The highest BCUT2D eigenvalue weighted by Crippen LogP contribution is 2.33. The average Bonchev–Trinajstić information content (AvgIpc) is 3.00. The van der Waals surface area contributed by atoms with Crippen molar-refractivity contribution in [3.8, 4) is 5.75 Å². The second-order valence-corrected chi connectivity index (χ2v) is 12.6. The van der Waals surface area contributed by atoms with Crippen LogP contribution in [0.3, 0.4) is 0 Å². The van der Waals surface area contributed by atoms with E-state index in [1.54, 1.807) is 48.5 Å². The van der Waals surface area contributed by atoms with E-state index in [9.17, 15) is 18.0 Å². The van der Waals surface area contributed by atoms with Gasteiger partial charge in [0.25, 0.3) is 10.0 Å². The van der Waals surface area contributed by atoms with E-state index in [4.69, 9.17) is 4.74 Å². The van der Waals surface area contributed by atoms with Crippen molar-refractivity contribution < 1.29 is 22.7 Å². The second kappa shape index (κ2) is 15.7. The summed E-state index contributed by atoms with van der Waals surface area (Å²) in [4.78, 5) is 29.9. The first-order valence-corrected chi connectivity index (χ1v) is 16.8. The zero-order valence-corrected chi connectivity index (χ0v) is 26.6. The molecule has 3 rings (SSSR count). The number of ether oxygens (including phenoxy) is 1. The number of hydrogen-bond donors (Lipinski definition) is 1. The highest BCUT2D eigenvalue weighted by Gasteiger charge is 2.34. The zero-order chi connectivity index (χ0) is 30.7. The van der Waals surface area contributed by atoms with Crippen LogP contribution in [-0.2, 0) is 26.2 Å².